The summed E-state index contributed by atoms with van der Waals surface area (Å²) in [6.07, 6.45) is 6.44. The number of anilines is 1. The summed E-state index contributed by atoms with van der Waals surface area (Å²) in [5, 5.41) is 5.92. The van der Waals surface area contributed by atoms with Gasteiger partial charge in [-0.15, -0.1) is 0 Å². The van der Waals surface area contributed by atoms with Gasteiger partial charge in [0, 0.05) is 37.8 Å². The van der Waals surface area contributed by atoms with Crippen LogP contribution in [0.25, 0.3) is 22.3 Å². The molecule has 8 heteroatoms. The number of para-hydroxylation sites is 1. The number of piperidine rings is 1. The summed E-state index contributed by atoms with van der Waals surface area (Å²) in [6, 6.07) is 18.9. The zero-order valence-corrected chi connectivity index (χ0v) is 21.3. The Labute approximate surface area is 217 Å². The Bertz CT molecular complexity index is 1400. The van der Waals surface area contributed by atoms with Crippen molar-refractivity contribution in [3.05, 3.63) is 60.9 Å². The number of benzene rings is 2. The van der Waals surface area contributed by atoms with E-state index in [1.807, 2.05) is 54.6 Å². The first kappa shape index (κ1) is 22.7. The van der Waals surface area contributed by atoms with Gasteiger partial charge in [0.1, 0.15) is 29.3 Å². The van der Waals surface area contributed by atoms with Gasteiger partial charge in [0.25, 0.3) is 0 Å². The van der Waals surface area contributed by atoms with E-state index in [0.29, 0.717) is 17.3 Å². The molecular weight excluding hydrogens is 462 g/mol. The fourth-order valence-electron chi connectivity index (χ4n) is 6.81. The van der Waals surface area contributed by atoms with Gasteiger partial charge in [-0.3, -0.25) is 0 Å². The third kappa shape index (κ3) is 4.04. The molecule has 4 heterocycles. The number of nitrogens with zero attached hydrogens (tertiary/aromatic N) is 6. The lowest BCUT2D eigenvalue weighted by molar-refractivity contribution is -0.103. The van der Waals surface area contributed by atoms with Crippen molar-refractivity contribution in [2.45, 2.75) is 37.8 Å². The quantitative estimate of drug-likeness (QED) is 0.433. The molecule has 37 heavy (non-hydrogen) atoms. The molecule has 3 fully saturated rings. The topological polar surface area (TPSA) is 85.3 Å². The highest BCUT2D eigenvalue weighted by molar-refractivity contribution is 5.98. The number of hydrogen-bond acceptors (Lipinski definition) is 7. The van der Waals surface area contributed by atoms with Crippen molar-refractivity contribution in [3.8, 4) is 22.8 Å². The first-order chi connectivity index (χ1) is 18.1. The van der Waals surface area contributed by atoms with Crippen LogP contribution in [0, 0.1) is 5.41 Å². The molecule has 0 bridgehead atoms. The Morgan fingerprint density at radius 1 is 0.892 bits per heavy atom. The van der Waals surface area contributed by atoms with Crippen molar-refractivity contribution in [1.29, 1.82) is 0 Å². The van der Waals surface area contributed by atoms with Gasteiger partial charge in [-0.05, 0) is 74.5 Å². The molecule has 190 valence electrons. The monoisotopic (exact) mass is 495 g/mol. The first-order valence-corrected chi connectivity index (χ1v) is 13.3. The molecule has 7 rings (SSSR count). The van der Waals surface area contributed by atoms with Gasteiger partial charge >= 0.3 is 0 Å². The van der Waals surface area contributed by atoms with Crippen LogP contribution in [-0.2, 0) is 0 Å². The number of nitrogens with two attached hydrogens (primary N) is 1. The largest absolute Gasteiger partial charge is 0.457 e. The highest BCUT2D eigenvalue weighted by Crippen LogP contribution is 2.50. The van der Waals surface area contributed by atoms with E-state index in [4.69, 9.17) is 15.6 Å². The van der Waals surface area contributed by atoms with Gasteiger partial charge in [0.05, 0.1) is 11.4 Å². The van der Waals surface area contributed by atoms with Crippen LogP contribution in [0.5, 0.6) is 11.5 Å². The van der Waals surface area contributed by atoms with E-state index >= 15 is 0 Å². The average Bonchev–Trinajstić information content (AvgIpc) is 3.28. The molecule has 0 atom stereocenters. The predicted octanol–water partition coefficient (Wildman–Crippen LogP) is 4.60. The highest BCUT2D eigenvalue weighted by atomic mass is 16.5. The summed E-state index contributed by atoms with van der Waals surface area (Å²) in [5.74, 6) is 2.06. The van der Waals surface area contributed by atoms with Gasteiger partial charge in [0.2, 0.25) is 0 Å². The molecule has 0 unspecified atom stereocenters. The SMILES string of the molecule is CN1CC2(CC(N3CCC(n4nc(-c5ccc(Oc6ccccc6)cc5)c5c(N)ncnc54)CC3)C2)C1. The van der Waals surface area contributed by atoms with Crippen LogP contribution in [0.4, 0.5) is 5.82 Å². The van der Waals surface area contributed by atoms with Crippen molar-refractivity contribution in [1.82, 2.24) is 29.5 Å². The zero-order chi connectivity index (χ0) is 25.0. The predicted molar refractivity (Wildman–Crippen MR) is 144 cm³/mol. The molecule has 3 aliphatic rings. The molecule has 2 saturated heterocycles. The third-order valence-corrected chi connectivity index (χ3v) is 8.53. The summed E-state index contributed by atoms with van der Waals surface area (Å²) in [4.78, 5) is 14.1. The summed E-state index contributed by atoms with van der Waals surface area (Å²) < 4.78 is 8.08. The Balaban J connectivity index is 1.10. The summed E-state index contributed by atoms with van der Waals surface area (Å²) >= 11 is 0. The van der Waals surface area contributed by atoms with Gasteiger partial charge in [-0.2, -0.15) is 5.10 Å². The first-order valence-electron chi connectivity index (χ1n) is 13.3. The molecule has 0 radical (unpaired) electrons. The lowest BCUT2D eigenvalue weighted by Gasteiger charge is -2.61. The standard InChI is InChI=1S/C29H33N7O/c1-34-17-29(18-34)15-22(16-29)35-13-11-21(12-14-35)36-28-25(27(30)31-19-32-28)26(33-36)20-7-9-24(10-8-20)37-23-5-3-2-4-6-23/h2-10,19,21-22H,11-18H2,1H3,(H2,30,31,32). The fraction of sp³-hybridized carbons (Fsp3) is 0.414. The van der Waals surface area contributed by atoms with Crippen LogP contribution in [-0.4, -0.2) is 68.8 Å². The van der Waals surface area contributed by atoms with E-state index in [0.717, 1.165) is 65.8 Å². The van der Waals surface area contributed by atoms with E-state index < -0.39 is 0 Å². The minimum atomic E-state index is 0.311. The molecule has 1 spiro atoms. The van der Waals surface area contributed by atoms with Crippen LogP contribution < -0.4 is 10.5 Å². The number of ether oxygens (including phenoxy) is 1. The maximum Gasteiger partial charge on any atom is 0.164 e. The highest BCUT2D eigenvalue weighted by Gasteiger charge is 2.52. The Morgan fingerprint density at radius 3 is 2.30 bits per heavy atom. The zero-order valence-electron chi connectivity index (χ0n) is 21.3. The lowest BCUT2D eigenvalue weighted by atomic mass is 9.60. The van der Waals surface area contributed by atoms with Gasteiger partial charge in [0.15, 0.2) is 5.65 Å². The maximum absolute atomic E-state index is 6.37. The smallest absolute Gasteiger partial charge is 0.164 e. The normalized spacial score (nSPS) is 20.7. The molecule has 2 aromatic heterocycles. The van der Waals surface area contributed by atoms with E-state index in [-0.39, 0.29) is 0 Å². The summed E-state index contributed by atoms with van der Waals surface area (Å²) in [6.45, 7) is 4.79. The summed E-state index contributed by atoms with van der Waals surface area (Å²) in [7, 11) is 2.23. The number of nitrogen functional groups attached to an aromatic ring is 1. The van der Waals surface area contributed by atoms with E-state index in [1.165, 1.54) is 25.9 Å². The lowest BCUT2D eigenvalue weighted by Crippen LogP contribution is -2.65. The van der Waals surface area contributed by atoms with E-state index in [9.17, 15) is 0 Å². The van der Waals surface area contributed by atoms with E-state index in [2.05, 4.69) is 31.5 Å². The van der Waals surface area contributed by atoms with E-state index in [1.54, 1.807) is 6.33 Å². The third-order valence-electron chi connectivity index (χ3n) is 8.53. The second-order valence-electron chi connectivity index (χ2n) is 11.2. The molecule has 2 N–H and O–H groups in total. The number of rotatable bonds is 5. The Hall–Kier alpha value is -3.49. The van der Waals surface area contributed by atoms with Gasteiger partial charge < -0.3 is 20.3 Å². The maximum atomic E-state index is 6.37. The molecule has 2 aliphatic heterocycles. The number of aromatic nitrogens is 4. The molecule has 1 aliphatic carbocycles. The van der Waals surface area contributed by atoms with Crippen molar-refractivity contribution in [2.24, 2.45) is 5.41 Å². The van der Waals surface area contributed by atoms with Crippen LogP contribution in [0.2, 0.25) is 0 Å². The second kappa shape index (κ2) is 8.82. The number of hydrogen-bond donors (Lipinski definition) is 1. The fourth-order valence-corrected chi connectivity index (χ4v) is 6.81. The van der Waals surface area contributed by atoms with Crippen molar-refractivity contribution < 1.29 is 4.74 Å². The Morgan fingerprint density at radius 2 is 1.59 bits per heavy atom. The number of fused-ring (bicyclic) bond motifs is 1. The number of likely N-dealkylation sites (tertiary alicyclic amines) is 2. The molecule has 4 aromatic rings. The second-order valence-corrected chi connectivity index (χ2v) is 11.2. The Kier molecular flexibility index (Phi) is 5.41. The molecule has 1 saturated carbocycles. The summed E-state index contributed by atoms with van der Waals surface area (Å²) in [5.41, 5.74) is 9.63. The van der Waals surface area contributed by atoms with Crippen LogP contribution in [0.1, 0.15) is 31.7 Å². The average molecular weight is 496 g/mol. The van der Waals surface area contributed by atoms with Gasteiger partial charge in [-0.1, -0.05) is 18.2 Å². The van der Waals surface area contributed by atoms with Gasteiger partial charge in [-0.25, -0.2) is 14.6 Å². The minimum Gasteiger partial charge on any atom is -0.457 e. The van der Waals surface area contributed by atoms with Crippen LogP contribution >= 0.6 is 0 Å². The molecular formula is C29H33N7O. The van der Waals surface area contributed by atoms with Crippen LogP contribution in [0.15, 0.2) is 60.9 Å². The molecule has 8 nitrogen and oxygen atoms in total. The van der Waals surface area contributed by atoms with Crippen LogP contribution in [0.3, 0.4) is 0 Å². The van der Waals surface area contributed by atoms with Crippen molar-refractivity contribution in [3.63, 3.8) is 0 Å². The molecule has 0 amide bonds. The minimum absolute atomic E-state index is 0.311. The van der Waals surface area contributed by atoms with Crippen molar-refractivity contribution in [2.75, 3.05) is 39.0 Å². The van der Waals surface area contributed by atoms with Crippen molar-refractivity contribution >= 4 is 16.9 Å². The molecule has 2 aromatic carbocycles.